The summed E-state index contributed by atoms with van der Waals surface area (Å²) in [5.41, 5.74) is 2.92. The predicted octanol–water partition coefficient (Wildman–Crippen LogP) is 3.82. The minimum Gasteiger partial charge on any atom is -0.507 e. The first kappa shape index (κ1) is 22.1. The maximum absolute atomic E-state index is 12.7. The van der Waals surface area contributed by atoms with Gasteiger partial charge in [0, 0.05) is 36.1 Å². The lowest BCUT2D eigenvalue weighted by Crippen LogP contribution is -2.26. The molecule has 156 valence electrons. The maximum atomic E-state index is 12.7. The van der Waals surface area contributed by atoms with E-state index in [2.05, 4.69) is 20.7 Å². The van der Waals surface area contributed by atoms with E-state index in [-0.39, 0.29) is 18.0 Å². The Morgan fingerprint density at radius 1 is 1.17 bits per heavy atom. The van der Waals surface area contributed by atoms with Crippen LogP contribution in [0.5, 0.6) is 5.75 Å². The molecule has 0 aliphatic carbocycles. The van der Waals surface area contributed by atoms with Crippen molar-refractivity contribution in [2.45, 2.75) is 20.0 Å². The van der Waals surface area contributed by atoms with Gasteiger partial charge in [0.2, 0.25) is 0 Å². The second-order valence-electron chi connectivity index (χ2n) is 6.14. The number of phenols is 1. The highest BCUT2D eigenvalue weighted by atomic mass is 19.4. The highest BCUT2D eigenvalue weighted by Crippen LogP contribution is 2.30. The smallest absolute Gasteiger partial charge is 0.416 e. The highest BCUT2D eigenvalue weighted by molar-refractivity contribution is 5.86. The van der Waals surface area contributed by atoms with Crippen molar-refractivity contribution in [3.63, 3.8) is 0 Å². The van der Waals surface area contributed by atoms with E-state index in [4.69, 9.17) is 0 Å². The van der Waals surface area contributed by atoms with Gasteiger partial charge in [0.1, 0.15) is 5.75 Å². The van der Waals surface area contributed by atoms with E-state index in [0.29, 0.717) is 5.56 Å². The third-order valence-corrected chi connectivity index (χ3v) is 4.18. The van der Waals surface area contributed by atoms with Crippen molar-refractivity contribution in [2.24, 2.45) is 5.10 Å². The van der Waals surface area contributed by atoms with Gasteiger partial charge in [-0.15, -0.1) is 0 Å². The van der Waals surface area contributed by atoms with E-state index < -0.39 is 17.6 Å². The summed E-state index contributed by atoms with van der Waals surface area (Å²) in [5, 5.41) is 16.5. The van der Waals surface area contributed by atoms with E-state index in [0.717, 1.165) is 30.9 Å². The number of benzene rings is 2. The van der Waals surface area contributed by atoms with Crippen LogP contribution in [-0.4, -0.2) is 36.9 Å². The number of aromatic hydroxyl groups is 1. The Labute approximate surface area is 167 Å². The van der Waals surface area contributed by atoms with Gasteiger partial charge in [-0.2, -0.15) is 18.3 Å². The second kappa shape index (κ2) is 9.81. The molecule has 0 aliphatic rings. The van der Waals surface area contributed by atoms with Gasteiger partial charge in [-0.3, -0.25) is 4.79 Å². The molecule has 0 atom stereocenters. The van der Waals surface area contributed by atoms with Crippen molar-refractivity contribution < 1.29 is 23.1 Å². The van der Waals surface area contributed by atoms with E-state index in [1.165, 1.54) is 18.3 Å². The van der Waals surface area contributed by atoms with Crippen LogP contribution in [0.2, 0.25) is 0 Å². The average Bonchev–Trinajstić information content (AvgIpc) is 2.68. The Kier molecular flexibility index (Phi) is 7.46. The van der Waals surface area contributed by atoms with E-state index >= 15 is 0 Å². The molecule has 1 amide bonds. The van der Waals surface area contributed by atoms with Gasteiger partial charge in [0.15, 0.2) is 0 Å². The average molecular weight is 408 g/mol. The van der Waals surface area contributed by atoms with Gasteiger partial charge in [-0.05, 0) is 44.2 Å². The Bertz CT molecular complexity index is 865. The molecular formula is C20H23F3N4O2. The molecule has 3 N–H and O–H groups in total. The lowest BCUT2D eigenvalue weighted by molar-refractivity contribution is -0.137. The third kappa shape index (κ3) is 6.41. The Morgan fingerprint density at radius 3 is 2.52 bits per heavy atom. The highest BCUT2D eigenvalue weighted by Gasteiger charge is 2.30. The number of rotatable bonds is 8. The number of phenolic OH excluding ortho intramolecular Hbond substituents is 1. The molecular weight excluding hydrogens is 385 g/mol. The summed E-state index contributed by atoms with van der Waals surface area (Å²) in [6.07, 6.45) is -3.16. The number of alkyl halides is 3. The molecule has 0 saturated carbocycles. The van der Waals surface area contributed by atoms with Crippen LogP contribution < -0.4 is 15.6 Å². The first-order valence-electron chi connectivity index (χ1n) is 9.05. The summed E-state index contributed by atoms with van der Waals surface area (Å²) in [7, 11) is 0. The van der Waals surface area contributed by atoms with Crippen molar-refractivity contribution in [3.8, 4) is 5.75 Å². The fraction of sp³-hybridized carbons (Fsp3) is 0.300. The minimum atomic E-state index is -4.45. The van der Waals surface area contributed by atoms with Crippen LogP contribution in [0, 0.1) is 0 Å². The van der Waals surface area contributed by atoms with Crippen molar-refractivity contribution >= 4 is 23.5 Å². The predicted molar refractivity (Wildman–Crippen MR) is 107 cm³/mol. The van der Waals surface area contributed by atoms with Crippen LogP contribution in [0.3, 0.4) is 0 Å². The molecule has 9 heteroatoms. The van der Waals surface area contributed by atoms with Crippen molar-refractivity contribution in [1.29, 1.82) is 0 Å². The molecule has 6 nitrogen and oxygen atoms in total. The molecule has 0 heterocycles. The van der Waals surface area contributed by atoms with Crippen LogP contribution in [0.15, 0.2) is 47.6 Å². The van der Waals surface area contributed by atoms with Crippen LogP contribution >= 0.6 is 0 Å². The number of hydrogen-bond donors (Lipinski definition) is 3. The van der Waals surface area contributed by atoms with Crippen molar-refractivity contribution in [1.82, 2.24) is 5.43 Å². The number of carbonyl (C=O) groups excluding carboxylic acids is 1. The summed E-state index contributed by atoms with van der Waals surface area (Å²) in [6.45, 7) is 5.37. The Morgan fingerprint density at radius 2 is 1.90 bits per heavy atom. The molecule has 2 rings (SSSR count). The standard InChI is InChI=1S/C20H23F3N4O2/c1-3-27(4-2)17-9-8-14(18(28)11-17)12-25-26-19(29)13-24-16-7-5-6-15(10-16)20(21,22)23/h5-12,24,28H,3-4,13H2,1-2H3,(H,26,29). The third-order valence-electron chi connectivity index (χ3n) is 4.18. The van der Waals surface area contributed by atoms with Gasteiger partial charge in [0.05, 0.1) is 18.3 Å². The molecule has 0 unspecified atom stereocenters. The summed E-state index contributed by atoms with van der Waals surface area (Å²) < 4.78 is 38.1. The fourth-order valence-corrected chi connectivity index (χ4v) is 2.63. The topological polar surface area (TPSA) is 77.0 Å². The number of nitrogens with zero attached hydrogens (tertiary/aromatic N) is 2. The second-order valence-corrected chi connectivity index (χ2v) is 6.14. The first-order chi connectivity index (χ1) is 13.7. The number of anilines is 2. The van der Waals surface area contributed by atoms with Crippen LogP contribution in [0.4, 0.5) is 24.5 Å². The zero-order chi connectivity index (χ0) is 21.4. The number of carbonyl (C=O) groups is 1. The molecule has 0 spiro atoms. The summed E-state index contributed by atoms with van der Waals surface area (Å²) in [6, 6.07) is 9.70. The van der Waals surface area contributed by atoms with Gasteiger partial charge in [0.25, 0.3) is 5.91 Å². The molecule has 2 aromatic carbocycles. The van der Waals surface area contributed by atoms with Gasteiger partial charge >= 0.3 is 6.18 Å². The summed E-state index contributed by atoms with van der Waals surface area (Å²) in [5.74, 6) is -0.521. The molecule has 0 radical (unpaired) electrons. The number of nitrogens with one attached hydrogen (secondary N) is 2. The molecule has 29 heavy (non-hydrogen) atoms. The summed E-state index contributed by atoms with van der Waals surface area (Å²) in [4.78, 5) is 13.9. The minimum absolute atomic E-state index is 0.0227. The largest absolute Gasteiger partial charge is 0.507 e. The van der Waals surface area contributed by atoms with Crippen LogP contribution in [0.1, 0.15) is 25.0 Å². The number of halogens is 3. The van der Waals surface area contributed by atoms with Crippen molar-refractivity contribution in [3.05, 3.63) is 53.6 Å². The van der Waals surface area contributed by atoms with Gasteiger partial charge in [-0.25, -0.2) is 5.43 Å². The molecule has 0 fully saturated rings. The number of amides is 1. The SMILES string of the molecule is CCN(CC)c1ccc(C=NNC(=O)CNc2cccc(C(F)(F)F)c2)c(O)c1. The molecule has 0 aromatic heterocycles. The maximum Gasteiger partial charge on any atom is 0.416 e. The number of hydrogen-bond acceptors (Lipinski definition) is 5. The Hall–Kier alpha value is -3.23. The monoisotopic (exact) mass is 408 g/mol. The molecule has 0 aliphatic heterocycles. The van der Waals surface area contributed by atoms with E-state index in [1.54, 1.807) is 12.1 Å². The lowest BCUT2D eigenvalue weighted by atomic mass is 10.2. The fourth-order valence-electron chi connectivity index (χ4n) is 2.63. The van der Waals surface area contributed by atoms with Crippen molar-refractivity contribution in [2.75, 3.05) is 29.9 Å². The zero-order valence-corrected chi connectivity index (χ0v) is 16.1. The van der Waals surface area contributed by atoms with Gasteiger partial charge in [-0.1, -0.05) is 6.07 Å². The molecule has 0 bridgehead atoms. The first-order valence-corrected chi connectivity index (χ1v) is 9.05. The van der Waals surface area contributed by atoms with Gasteiger partial charge < -0.3 is 15.3 Å². The summed E-state index contributed by atoms with van der Waals surface area (Å²) >= 11 is 0. The molecule has 2 aromatic rings. The van der Waals surface area contributed by atoms with E-state index in [1.807, 2.05) is 19.9 Å². The Balaban J connectivity index is 1.90. The quantitative estimate of drug-likeness (QED) is 0.459. The lowest BCUT2D eigenvalue weighted by Gasteiger charge is -2.21. The molecule has 0 saturated heterocycles. The normalized spacial score (nSPS) is 11.5. The zero-order valence-electron chi connectivity index (χ0n) is 16.1. The van der Waals surface area contributed by atoms with E-state index in [9.17, 15) is 23.1 Å². The number of hydrazone groups is 1. The van der Waals surface area contributed by atoms with Crippen LogP contribution in [0.25, 0.3) is 0 Å². The van der Waals surface area contributed by atoms with Crippen LogP contribution in [-0.2, 0) is 11.0 Å².